The Labute approximate surface area is 293 Å². The van der Waals surface area contributed by atoms with Gasteiger partial charge in [0.25, 0.3) is 11.8 Å². The first kappa shape index (κ1) is 30.7. The van der Waals surface area contributed by atoms with Crippen LogP contribution in [0.5, 0.6) is 0 Å². The van der Waals surface area contributed by atoms with Gasteiger partial charge in [-0.15, -0.1) is 11.3 Å². The van der Waals surface area contributed by atoms with Crippen LogP contribution in [-0.2, 0) is 11.2 Å². The molecule has 250 valence electrons. The van der Waals surface area contributed by atoms with E-state index < -0.39 is 0 Å². The average molecular weight is 681 g/mol. The quantitative estimate of drug-likeness (QED) is 0.193. The number of imidazole rings is 1. The highest BCUT2D eigenvalue weighted by Crippen LogP contribution is 2.45. The number of anilines is 3. The summed E-state index contributed by atoms with van der Waals surface area (Å²) in [5, 5.41) is 3.04. The summed E-state index contributed by atoms with van der Waals surface area (Å²) in [6, 6.07) is 29.3. The van der Waals surface area contributed by atoms with Crippen molar-refractivity contribution in [2.45, 2.75) is 26.2 Å². The van der Waals surface area contributed by atoms with Gasteiger partial charge in [-0.3, -0.25) is 9.59 Å². The van der Waals surface area contributed by atoms with Crippen LogP contribution in [0, 0.1) is 12.3 Å². The number of H-pyrrole nitrogens is 1. The number of aromatic amines is 1. The number of fused-ring (bicyclic) bond motifs is 4. The van der Waals surface area contributed by atoms with Crippen molar-refractivity contribution in [3.63, 3.8) is 0 Å². The maximum Gasteiger partial charge on any atom is 0.259 e. The van der Waals surface area contributed by atoms with Crippen molar-refractivity contribution < 1.29 is 14.3 Å². The fourth-order valence-corrected chi connectivity index (χ4v) is 8.73. The molecule has 0 radical (unpaired) electrons. The molecule has 3 aromatic heterocycles. The van der Waals surface area contributed by atoms with E-state index in [0.717, 1.165) is 94.9 Å². The van der Waals surface area contributed by atoms with Crippen LogP contribution in [0.3, 0.4) is 0 Å². The molecule has 1 spiro atoms. The number of hydrogen-bond donors (Lipinski definition) is 2. The van der Waals surface area contributed by atoms with Crippen molar-refractivity contribution >= 4 is 51.4 Å². The number of rotatable bonds is 5. The highest BCUT2D eigenvalue weighted by atomic mass is 32.1. The summed E-state index contributed by atoms with van der Waals surface area (Å²) in [5.41, 5.74) is 7.97. The molecular weight excluding hydrogens is 645 g/mol. The number of pyridine rings is 1. The van der Waals surface area contributed by atoms with Crippen LogP contribution in [0.2, 0.25) is 0 Å². The molecule has 10 heteroatoms. The van der Waals surface area contributed by atoms with E-state index >= 15 is 0 Å². The lowest BCUT2D eigenvalue weighted by Gasteiger charge is -2.53. The van der Waals surface area contributed by atoms with Crippen LogP contribution in [0.15, 0.2) is 91.0 Å². The van der Waals surface area contributed by atoms with Gasteiger partial charge >= 0.3 is 0 Å². The summed E-state index contributed by atoms with van der Waals surface area (Å²) >= 11 is 1.70. The number of benzene rings is 3. The van der Waals surface area contributed by atoms with Crippen molar-refractivity contribution in [1.29, 1.82) is 0 Å². The minimum atomic E-state index is -0.214. The topological polar surface area (TPSA) is 103 Å². The third kappa shape index (κ3) is 5.45. The first-order valence-electron chi connectivity index (χ1n) is 17.1. The normalized spacial score (nSPS) is 16.4. The standard InChI is InChI=1S/C40H36N6O3S/c1-25-10-15-30(37(41-25)45-23-40(24-45)17-20-49-21-18-40)38(47)42-28-13-11-26(12-14-28)39(48)46-19-16-27-22-34(36-43-31-7-3-4-8-32(31)44-36)50-35(27)29-6-2-5-9-33(29)46/h2-15,22H,16-21,23-24H2,1H3,(H,42,47)(H,43,44). The molecule has 2 fully saturated rings. The zero-order chi connectivity index (χ0) is 33.8. The Bertz CT molecular complexity index is 2230. The molecule has 2 amide bonds. The van der Waals surface area contributed by atoms with E-state index in [1.807, 2.05) is 66.4 Å². The second-order valence-electron chi connectivity index (χ2n) is 13.6. The molecular formula is C40H36N6O3S. The Hall–Kier alpha value is -5.32. The van der Waals surface area contributed by atoms with Crippen LogP contribution >= 0.6 is 11.3 Å². The summed E-state index contributed by atoms with van der Waals surface area (Å²) in [6.45, 7) is 5.87. The zero-order valence-corrected chi connectivity index (χ0v) is 28.6. The van der Waals surface area contributed by atoms with Gasteiger partial charge in [0.1, 0.15) is 11.6 Å². The van der Waals surface area contributed by atoms with Crippen molar-refractivity contribution in [1.82, 2.24) is 15.0 Å². The Kier molecular flexibility index (Phi) is 7.51. The van der Waals surface area contributed by atoms with Gasteiger partial charge in [-0.1, -0.05) is 30.3 Å². The summed E-state index contributed by atoms with van der Waals surface area (Å²) in [5.74, 6) is 1.30. The predicted molar refractivity (Wildman–Crippen MR) is 198 cm³/mol. The number of carbonyl (C=O) groups excluding carboxylic acids is 2. The number of carbonyl (C=O) groups is 2. The van der Waals surface area contributed by atoms with Crippen molar-refractivity contribution in [2.75, 3.05) is 48.0 Å². The van der Waals surface area contributed by atoms with Gasteiger partial charge in [0.15, 0.2) is 0 Å². The van der Waals surface area contributed by atoms with Gasteiger partial charge in [0, 0.05) is 65.6 Å². The fourth-order valence-electron chi connectivity index (χ4n) is 7.54. The molecule has 6 heterocycles. The number of nitrogens with one attached hydrogen (secondary N) is 2. The highest BCUT2D eigenvalue weighted by molar-refractivity contribution is 7.19. The number of amides is 2. The Morgan fingerprint density at radius 3 is 2.52 bits per heavy atom. The maximum absolute atomic E-state index is 14.1. The molecule has 3 aromatic carbocycles. The summed E-state index contributed by atoms with van der Waals surface area (Å²) in [6.07, 6.45) is 2.81. The monoisotopic (exact) mass is 680 g/mol. The Balaban J connectivity index is 0.925. The number of hydrogen-bond acceptors (Lipinski definition) is 7. The lowest BCUT2D eigenvalue weighted by molar-refractivity contribution is -0.000518. The first-order valence-corrected chi connectivity index (χ1v) is 18.0. The van der Waals surface area contributed by atoms with Crippen LogP contribution in [0.4, 0.5) is 17.2 Å². The molecule has 0 unspecified atom stereocenters. The van der Waals surface area contributed by atoms with E-state index in [4.69, 9.17) is 14.7 Å². The predicted octanol–water partition coefficient (Wildman–Crippen LogP) is 7.73. The fraction of sp³-hybridized carbons (Fsp3) is 0.250. The summed E-state index contributed by atoms with van der Waals surface area (Å²) < 4.78 is 5.58. The minimum Gasteiger partial charge on any atom is -0.381 e. The molecule has 2 N–H and O–H groups in total. The molecule has 0 atom stereocenters. The van der Waals surface area contributed by atoms with Gasteiger partial charge in [-0.25, -0.2) is 9.97 Å². The van der Waals surface area contributed by atoms with E-state index in [1.165, 1.54) is 5.56 Å². The maximum atomic E-state index is 14.1. The number of aromatic nitrogens is 3. The van der Waals surface area contributed by atoms with Gasteiger partial charge in [0.2, 0.25) is 0 Å². The number of ether oxygens (including phenoxy) is 1. The first-order chi connectivity index (χ1) is 24.4. The van der Waals surface area contributed by atoms with Crippen molar-refractivity contribution in [3.8, 4) is 21.1 Å². The van der Waals surface area contributed by atoms with Crippen molar-refractivity contribution in [3.05, 3.63) is 113 Å². The lowest BCUT2D eigenvalue weighted by Crippen LogP contribution is -2.59. The minimum absolute atomic E-state index is 0.0761. The van der Waals surface area contributed by atoms with E-state index in [-0.39, 0.29) is 17.2 Å². The van der Waals surface area contributed by atoms with E-state index in [9.17, 15) is 9.59 Å². The number of nitrogens with zero attached hydrogens (tertiary/aromatic N) is 4. The van der Waals surface area contributed by atoms with E-state index in [2.05, 4.69) is 27.3 Å². The third-order valence-corrected chi connectivity index (χ3v) is 11.5. The molecule has 6 aromatic rings. The molecule has 9 nitrogen and oxygen atoms in total. The smallest absolute Gasteiger partial charge is 0.259 e. The second-order valence-corrected chi connectivity index (χ2v) is 14.7. The summed E-state index contributed by atoms with van der Waals surface area (Å²) in [4.78, 5) is 47.0. The molecule has 50 heavy (non-hydrogen) atoms. The molecule has 2 saturated heterocycles. The van der Waals surface area contributed by atoms with Gasteiger partial charge < -0.3 is 24.8 Å². The molecule has 3 aliphatic rings. The third-order valence-electron chi connectivity index (χ3n) is 10.3. The largest absolute Gasteiger partial charge is 0.381 e. The van der Waals surface area contributed by atoms with Crippen LogP contribution in [-0.4, -0.2) is 59.6 Å². The Morgan fingerprint density at radius 2 is 1.70 bits per heavy atom. The molecule has 0 bridgehead atoms. The summed E-state index contributed by atoms with van der Waals surface area (Å²) in [7, 11) is 0. The van der Waals surface area contributed by atoms with Crippen LogP contribution < -0.4 is 15.1 Å². The van der Waals surface area contributed by atoms with Crippen LogP contribution in [0.25, 0.3) is 32.2 Å². The van der Waals surface area contributed by atoms with Gasteiger partial charge in [0.05, 0.1) is 27.2 Å². The molecule has 3 aliphatic heterocycles. The van der Waals surface area contributed by atoms with Crippen LogP contribution in [0.1, 0.15) is 44.8 Å². The average Bonchev–Trinajstić information content (AvgIpc) is 3.73. The number of thiophene rings is 1. The lowest BCUT2D eigenvalue weighted by atomic mass is 9.73. The van der Waals surface area contributed by atoms with Gasteiger partial charge in [-0.2, -0.15) is 0 Å². The molecule has 0 aliphatic carbocycles. The number of aryl methyl sites for hydroxylation is 1. The van der Waals surface area contributed by atoms with Gasteiger partial charge in [-0.05, 0) is 92.4 Å². The van der Waals surface area contributed by atoms with E-state index in [0.29, 0.717) is 23.4 Å². The highest BCUT2D eigenvalue weighted by Gasteiger charge is 2.45. The molecule has 0 saturated carbocycles. The van der Waals surface area contributed by atoms with Crippen molar-refractivity contribution in [2.24, 2.45) is 5.41 Å². The number of para-hydroxylation sites is 3. The zero-order valence-electron chi connectivity index (χ0n) is 27.7. The van der Waals surface area contributed by atoms with E-state index in [1.54, 1.807) is 35.6 Å². The Morgan fingerprint density at radius 1 is 0.920 bits per heavy atom. The second kappa shape index (κ2) is 12.2. The molecule has 9 rings (SSSR count). The SMILES string of the molecule is Cc1ccc(C(=O)Nc2ccc(C(=O)N3CCc4cc(-c5nc6ccccc6[nH]5)sc4-c4ccccc43)cc2)c(N2CC3(CCOCC3)C2)n1.